The van der Waals surface area contributed by atoms with E-state index >= 15 is 0 Å². The van der Waals surface area contributed by atoms with E-state index in [0.29, 0.717) is 22.7 Å². The van der Waals surface area contributed by atoms with E-state index in [2.05, 4.69) is 11.6 Å². The van der Waals surface area contributed by atoms with E-state index < -0.39 is 15.9 Å². The highest BCUT2D eigenvalue weighted by Gasteiger charge is 2.29. The fourth-order valence-corrected chi connectivity index (χ4v) is 6.85. The number of sulfonamides is 1. The molecule has 1 amide bonds. The average molecular weight is 500 g/mol. The van der Waals surface area contributed by atoms with E-state index in [1.54, 1.807) is 20.2 Å². The van der Waals surface area contributed by atoms with Crippen LogP contribution < -0.4 is 9.54 Å². The van der Waals surface area contributed by atoms with E-state index in [4.69, 9.17) is 4.74 Å². The second kappa shape index (κ2) is 10.2. The number of amides is 1. The van der Waals surface area contributed by atoms with Crippen LogP contribution in [0.2, 0.25) is 0 Å². The van der Waals surface area contributed by atoms with Gasteiger partial charge in [-0.1, -0.05) is 42.7 Å². The molecule has 4 rings (SSSR count). The van der Waals surface area contributed by atoms with Gasteiger partial charge in [-0.25, -0.2) is 8.42 Å². The summed E-state index contributed by atoms with van der Waals surface area (Å²) in [4.78, 5) is 18.0. The third kappa shape index (κ3) is 4.73. The molecule has 1 aliphatic rings. The fourth-order valence-electron chi connectivity index (χ4n) is 4.37. The van der Waals surface area contributed by atoms with Crippen LogP contribution in [-0.4, -0.2) is 43.4 Å². The first-order chi connectivity index (χ1) is 16.4. The van der Waals surface area contributed by atoms with Crippen molar-refractivity contribution in [3.05, 3.63) is 65.5 Å². The molecule has 0 bridgehead atoms. The summed E-state index contributed by atoms with van der Waals surface area (Å²) in [7, 11) is -0.363. The summed E-state index contributed by atoms with van der Waals surface area (Å²) in [5.41, 5.74) is 1.18. The number of carbonyl (C=O) groups excluding carboxylic acids is 1. The highest BCUT2D eigenvalue weighted by atomic mass is 32.2. The number of fused-ring (bicyclic) bond motifs is 1. The van der Waals surface area contributed by atoms with Crippen LogP contribution in [0.3, 0.4) is 0 Å². The number of rotatable bonds is 7. The van der Waals surface area contributed by atoms with E-state index in [1.807, 2.05) is 22.8 Å². The van der Waals surface area contributed by atoms with Crippen molar-refractivity contribution in [1.29, 1.82) is 0 Å². The Kier molecular flexibility index (Phi) is 7.35. The van der Waals surface area contributed by atoms with Crippen LogP contribution in [0.15, 0.2) is 65.0 Å². The zero-order chi connectivity index (χ0) is 24.3. The molecule has 7 nitrogen and oxygen atoms in total. The largest absolute Gasteiger partial charge is 0.495 e. The lowest BCUT2D eigenvalue weighted by Gasteiger charge is -2.30. The van der Waals surface area contributed by atoms with Gasteiger partial charge in [0.2, 0.25) is 10.0 Å². The van der Waals surface area contributed by atoms with Gasteiger partial charge in [-0.3, -0.25) is 4.79 Å². The molecule has 9 heteroatoms. The monoisotopic (exact) mass is 499 g/mol. The smallest absolute Gasteiger partial charge is 0.279 e. The maximum absolute atomic E-state index is 13.1. The van der Waals surface area contributed by atoms with Crippen LogP contribution in [0.5, 0.6) is 5.75 Å². The highest BCUT2D eigenvalue weighted by molar-refractivity contribution is 7.89. The Morgan fingerprint density at radius 2 is 1.91 bits per heavy atom. The first kappa shape index (κ1) is 24.4. The lowest BCUT2D eigenvalue weighted by molar-refractivity contribution is 0.0997. The third-order valence-corrected chi connectivity index (χ3v) is 9.23. The number of thiazole rings is 1. The van der Waals surface area contributed by atoms with Gasteiger partial charge in [-0.15, -0.1) is 6.58 Å². The van der Waals surface area contributed by atoms with Crippen molar-refractivity contribution in [2.45, 2.75) is 49.6 Å². The molecule has 180 valence electrons. The van der Waals surface area contributed by atoms with E-state index in [-0.39, 0.29) is 10.9 Å². The summed E-state index contributed by atoms with van der Waals surface area (Å²) in [6.07, 6.45) is 6.77. The van der Waals surface area contributed by atoms with Gasteiger partial charge in [-0.2, -0.15) is 9.30 Å². The lowest BCUT2D eigenvalue weighted by atomic mass is 9.96. The summed E-state index contributed by atoms with van der Waals surface area (Å²) in [6.45, 7) is 4.28. The molecule has 0 saturated heterocycles. The first-order valence-electron chi connectivity index (χ1n) is 11.3. The van der Waals surface area contributed by atoms with E-state index in [1.165, 1.54) is 39.9 Å². The van der Waals surface area contributed by atoms with Crippen LogP contribution in [0.25, 0.3) is 10.2 Å². The van der Waals surface area contributed by atoms with Gasteiger partial charge in [0.1, 0.15) is 11.3 Å². The van der Waals surface area contributed by atoms with Crippen LogP contribution in [0.1, 0.15) is 42.5 Å². The number of benzene rings is 2. The molecule has 0 spiro atoms. The summed E-state index contributed by atoms with van der Waals surface area (Å²) < 4.78 is 36.0. The minimum atomic E-state index is -3.61. The number of ether oxygens (including phenoxy) is 1. The number of hydrogen-bond acceptors (Lipinski definition) is 5. The zero-order valence-corrected chi connectivity index (χ0v) is 21.1. The minimum Gasteiger partial charge on any atom is -0.495 e. The van der Waals surface area contributed by atoms with Gasteiger partial charge in [0.25, 0.3) is 5.91 Å². The van der Waals surface area contributed by atoms with Crippen molar-refractivity contribution in [2.24, 2.45) is 4.99 Å². The Labute approximate surface area is 204 Å². The maximum Gasteiger partial charge on any atom is 0.279 e. The summed E-state index contributed by atoms with van der Waals surface area (Å²) in [5.74, 6) is 0.258. The highest BCUT2D eigenvalue weighted by Crippen LogP contribution is 2.28. The van der Waals surface area contributed by atoms with Crippen molar-refractivity contribution in [2.75, 3.05) is 14.2 Å². The molecule has 1 saturated carbocycles. The third-order valence-electron chi connectivity index (χ3n) is 6.26. The Morgan fingerprint density at radius 3 is 2.56 bits per heavy atom. The Morgan fingerprint density at radius 1 is 1.21 bits per heavy atom. The van der Waals surface area contributed by atoms with Crippen molar-refractivity contribution < 1.29 is 17.9 Å². The molecular weight excluding hydrogens is 470 g/mol. The summed E-state index contributed by atoms with van der Waals surface area (Å²) in [5, 5.41) is 0. The zero-order valence-electron chi connectivity index (χ0n) is 19.4. The first-order valence-corrected chi connectivity index (χ1v) is 13.6. The van der Waals surface area contributed by atoms with Crippen LogP contribution in [0, 0.1) is 0 Å². The second-order valence-corrected chi connectivity index (χ2v) is 11.4. The number of hydrogen-bond donors (Lipinski definition) is 0. The van der Waals surface area contributed by atoms with Gasteiger partial charge in [-0.05, 0) is 49.2 Å². The lowest BCUT2D eigenvalue weighted by Crippen LogP contribution is -2.38. The molecule has 3 aromatic rings. The number of carbonyl (C=O) groups is 1. The average Bonchev–Trinajstić information content (AvgIpc) is 3.21. The number of nitrogens with zero attached hydrogens (tertiary/aromatic N) is 3. The Bertz CT molecular complexity index is 1370. The quantitative estimate of drug-likeness (QED) is 0.445. The number of methoxy groups -OCH3 is 1. The molecule has 0 aliphatic heterocycles. The van der Waals surface area contributed by atoms with E-state index in [9.17, 15) is 13.2 Å². The number of para-hydroxylation sites is 1. The van der Waals surface area contributed by atoms with Crippen molar-refractivity contribution >= 4 is 37.5 Å². The summed E-state index contributed by atoms with van der Waals surface area (Å²) >= 11 is 1.39. The predicted octanol–water partition coefficient (Wildman–Crippen LogP) is 4.59. The molecule has 1 fully saturated rings. The molecule has 0 radical (unpaired) electrons. The summed E-state index contributed by atoms with van der Waals surface area (Å²) in [6, 6.07) is 11.8. The Hall–Kier alpha value is -2.75. The van der Waals surface area contributed by atoms with Crippen molar-refractivity contribution in [1.82, 2.24) is 8.87 Å². The van der Waals surface area contributed by atoms with Gasteiger partial charge in [0.15, 0.2) is 4.80 Å². The van der Waals surface area contributed by atoms with Crippen molar-refractivity contribution in [3.8, 4) is 5.75 Å². The van der Waals surface area contributed by atoms with E-state index in [0.717, 1.165) is 42.3 Å². The minimum absolute atomic E-state index is 0.0281. The second-order valence-electron chi connectivity index (χ2n) is 8.35. The molecule has 34 heavy (non-hydrogen) atoms. The van der Waals surface area contributed by atoms with Gasteiger partial charge >= 0.3 is 0 Å². The maximum atomic E-state index is 13.1. The standard InChI is InChI=1S/C25H29N3O4S2/c1-4-17-28-23-21(32-3)11-8-12-22(23)33-25(28)26-24(29)18-13-15-20(16-14-18)34(30,31)27(2)19-9-6-5-7-10-19/h4,8,11-16,19H,1,5-7,9-10,17H2,2-3H3. The molecule has 1 heterocycles. The number of allylic oxidation sites excluding steroid dienone is 1. The SMILES string of the molecule is C=CCn1c(=NC(=O)c2ccc(S(=O)(=O)N(C)C3CCCCC3)cc2)sc2cccc(OC)c21. The van der Waals surface area contributed by atoms with Crippen LogP contribution in [0.4, 0.5) is 0 Å². The van der Waals surface area contributed by atoms with Gasteiger partial charge < -0.3 is 9.30 Å². The molecule has 1 aromatic heterocycles. The Balaban J connectivity index is 1.64. The van der Waals surface area contributed by atoms with Gasteiger partial charge in [0, 0.05) is 25.2 Å². The van der Waals surface area contributed by atoms with Crippen LogP contribution in [-0.2, 0) is 16.6 Å². The fraction of sp³-hybridized carbons (Fsp3) is 0.360. The number of aromatic nitrogens is 1. The normalized spacial score (nSPS) is 15.7. The molecule has 1 aliphatic carbocycles. The predicted molar refractivity (Wildman–Crippen MR) is 135 cm³/mol. The molecule has 0 atom stereocenters. The molecule has 0 N–H and O–H groups in total. The topological polar surface area (TPSA) is 81.0 Å². The molecule has 2 aromatic carbocycles. The molecule has 0 unspecified atom stereocenters. The van der Waals surface area contributed by atoms with Crippen molar-refractivity contribution in [3.63, 3.8) is 0 Å². The van der Waals surface area contributed by atoms with Gasteiger partial charge in [0.05, 0.1) is 16.7 Å². The van der Waals surface area contributed by atoms with Crippen LogP contribution >= 0.6 is 11.3 Å². The molecular formula is C25H29N3O4S2.